The number of carbonyl (C=O) groups excluding carboxylic acids is 1. The van der Waals surface area contributed by atoms with Crippen LogP contribution < -0.4 is 15.6 Å². The molecule has 6 N–H and O–H groups in total. The van der Waals surface area contributed by atoms with E-state index in [4.69, 9.17) is 10.8 Å². The summed E-state index contributed by atoms with van der Waals surface area (Å²) in [4.78, 5) is 20.8. The summed E-state index contributed by atoms with van der Waals surface area (Å²) in [7, 11) is -4.18. The molecule has 0 heterocycles. The van der Waals surface area contributed by atoms with E-state index in [0.29, 0.717) is 0 Å². The first-order chi connectivity index (χ1) is 5.72. The number of carbonyl (C=O) groups is 2. The van der Waals surface area contributed by atoms with E-state index in [9.17, 15) is 18.0 Å². The Balaban J connectivity index is 4.21. The summed E-state index contributed by atoms with van der Waals surface area (Å²) in [5, 5.41) is 12.6. The molecule has 0 unspecified atom stereocenters. The minimum atomic E-state index is -4.18. The predicted molar refractivity (Wildman–Crippen MR) is 41.5 cm³/mol. The Bertz CT molecular complexity index is 310. The third-order valence-corrected chi connectivity index (χ3v) is 1.46. The van der Waals surface area contributed by atoms with Crippen LogP contribution in [-0.4, -0.2) is 31.4 Å². The highest BCUT2D eigenvalue weighted by Crippen LogP contribution is 1.88. The first-order valence-corrected chi connectivity index (χ1v) is 4.59. The van der Waals surface area contributed by atoms with E-state index < -0.39 is 34.5 Å². The lowest BCUT2D eigenvalue weighted by atomic mass is 10.2. The molecule has 0 aromatic rings. The van der Waals surface area contributed by atoms with Crippen molar-refractivity contribution in [2.45, 2.75) is 12.5 Å². The van der Waals surface area contributed by atoms with Crippen LogP contribution in [0, 0.1) is 0 Å². The van der Waals surface area contributed by atoms with Crippen molar-refractivity contribution in [2.24, 2.45) is 10.9 Å². The second kappa shape index (κ2) is 4.16. The van der Waals surface area contributed by atoms with Crippen LogP contribution in [0.4, 0.5) is 0 Å². The minimum Gasteiger partial charge on any atom is -0.481 e. The number of rotatable bonds is 4. The smallest absolute Gasteiger partial charge is 0.305 e. The second-order valence-electron chi connectivity index (χ2n) is 2.22. The molecule has 0 aromatic carbocycles. The third kappa shape index (κ3) is 6.02. The molecule has 1 atom stereocenters. The van der Waals surface area contributed by atoms with Crippen molar-refractivity contribution in [3.63, 3.8) is 0 Å². The highest BCUT2D eigenvalue weighted by Gasteiger charge is 2.19. The molecular weight excluding hydrogens is 202 g/mol. The van der Waals surface area contributed by atoms with Gasteiger partial charge in [0.15, 0.2) is 0 Å². The van der Waals surface area contributed by atoms with Crippen LogP contribution in [0.1, 0.15) is 6.42 Å². The van der Waals surface area contributed by atoms with Gasteiger partial charge in [0.25, 0.3) is 16.1 Å². The number of aliphatic carboxylic acids is 1. The largest absolute Gasteiger partial charge is 0.481 e. The average molecular weight is 211 g/mol. The lowest BCUT2D eigenvalue weighted by Crippen LogP contribution is -2.46. The molecule has 0 aliphatic rings. The van der Waals surface area contributed by atoms with Gasteiger partial charge in [0.05, 0.1) is 12.5 Å². The molecule has 0 spiro atoms. The van der Waals surface area contributed by atoms with Crippen molar-refractivity contribution in [2.75, 3.05) is 0 Å². The van der Waals surface area contributed by atoms with Crippen molar-refractivity contribution >= 4 is 22.1 Å². The van der Waals surface area contributed by atoms with E-state index in [0.717, 1.165) is 0 Å². The van der Waals surface area contributed by atoms with Gasteiger partial charge in [0.1, 0.15) is 0 Å². The van der Waals surface area contributed by atoms with Crippen LogP contribution >= 0.6 is 0 Å². The van der Waals surface area contributed by atoms with Crippen molar-refractivity contribution in [3.05, 3.63) is 0 Å². The molecule has 8 nitrogen and oxygen atoms in total. The molecule has 0 aliphatic heterocycles. The molecule has 0 saturated heterocycles. The third-order valence-electron chi connectivity index (χ3n) is 0.974. The highest BCUT2D eigenvalue weighted by molar-refractivity contribution is 7.87. The normalized spacial score (nSPS) is 13.4. The zero-order valence-electron chi connectivity index (χ0n) is 6.43. The number of amides is 1. The van der Waals surface area contributed by atoms with Gasteiger partial charge in [-0.1, -0.05) is 0 Å². The molecule has 13 heavy (non-hydrogen) atoms. The number of carboxylic acids is 1. The average Bonchev–Trinajstić information content (AvgIpc) is 1.81. The summed E-state index contributed by atoms with van der Waals surface area (Å²) in [6.07, 6.45) is -0.665. The second-order valence-corrected chi connectivity index (χ2v) is 3.51. The summed E-state index contributed by atoms with van der Waals surface area (Å²) >= 11 is 0. The van der Waals surface area contributed by atoms with Crippen molar-refractivity contribution in [1.82, 2.24) is 4.72 Å². The summed E-state index contributed by atoms with van der Waals surface area (Å²) in [5.41, 5.74) is 5.01. The van der Waals surface area contributed by atoms with Crippen LogP contribution in [0.2, 0.25) is 0 Å². The molecule has 0 aliphatic carbocycles. The molecule has 1 amide bonds. The van der Waals surface area contributed by atoms with Crippen LogP contribution in [0.25, 0.3) is 0 Å². The Morgan fingerprint density at radius 3 is 2.23 bits per heavy atom. The van der Waals surface area contributed by atoms with Gasteiger partial charge < -0.3 is 10.8 Å². The monoisotopic (exact) mass is 211 g/mol. The Hall–Kier alpha value is -1.19. The van der Waals surface area contributed by atoms with Crippen LogP contribution in [-0.2, 0) is 19.8 Å². The standard InChI is InChI=1S/C4H9N3O5S/c5-2(1-3(8)9)4(10)7-13(6,11)12/h2H,1,5H2,(H,7,10)(H,8,9)(H2,6,11,12)/t2-/m0/s1. The molecule has 0 rings (SSSR count). The minimum absolute atomic E-state index is 0.665. The topological polar surface area (TPSA) is 153 Å². The summed E-state index contributed by atoms with van der Waals surface area (Å²) < 4.78 is 21.9. The first-order valence-electron chi connectivity index (χ1n) is 3.04. The van der Waals surface area contributed by atoms with Gasteiger partial charge in [0.2, 0.25) is 0 Å². The van der Waals surface area contributed by atoms with Gasteiger partial charge in [-0.2, -0.15) is 8.42 Å². The Morgan fingerprint density at radius 2 is 1.92 bits per heavy atom. The zero-order valence-corrected chi connectivity index (χ0v) is 7.24. The molecule has 0 radical (unpaired) electrons. The van der Waals surface area contributed by atoms with Gasteiger partial charge in [-0.3, -0.25) is 9.59 Å². The lowest BCUT2D eigenvalue weighted by molar-refractivity contribution is -0.139. The van der Waals surface area contributed by atoms with Crippen LogP contribution in [0.15, 0.2) is 0 Å². The zero-order chi connectivity index (χ0) is 10.6. The predicted octanol–water partition coefficient (Wildman–Crippen LogP) is -2.89. The van der Waals surface area contributed by atoms with E-state index in [-0.39, 0.29) is 0 Å². The number of nitrogens with one attached hydrogen (secondary N) is 1. The summed E-state index contributed by atoms with van der Waals surface area (Å²) in [6.45, 7) is 0. The van der Waals surface area contributed by atoms with Crippen molar-refractivity contribution in [1.29, 1.82) is 0 Å². The van der Waals surface area contributed by atoms with Gasteiger partial charge in [-0.05, 0) is 0 Å². The molecule has 0 bridgehead atoms. The van der Waals surface area contributed by atoms with Crippen molar-refractivity contribution < 1.29 is 23.1 Å². The fourth-order valence-corrected chi connectivity index (χ4v) is 0.929. The fraction of sp³-hybridized carbons (Fsp3) is 0.500. The maximum absolute atomic E-state index is 10.7. The first kappa shape index (κ1) is 11.8. The molecular formula is C4H9N3O5S. The van der Waals surface area contributed by atoms with Crippen LogP contribution in [0.3, 0.4) is 0 Å². The molecule has 0 aromatic heterocycles. The summed E-state index contributed by atoms with van der Waals surface area (Å²) in [6, 6.07) is -1.43. The number of carboxylic acid groups (broad SMARTS) is 1. The number of hydrogen-bond donors (Lipinski definition) is 4. The molecule has 76 valence electrons. The SMILES string of the molecule is N[C@@H](CC(=O)O)C(=O)NS(N)(=O)=O. The highest BCUT2D eigenvalue weighted by atomic mass is 32.2. The molecule has 0 saturated carbocycles. The Morgan fingerprint density at radius 1 is 1.46 bits per heavy atom. The molecule has 0 fully saturated rings. The Labute approximate surface area is 74.1 Å². The number of nitrogens with two attached hydrogens (primary N) is 2. The fourth-order valence-electron chi connectivity index (χ4n) is 0.497. The van der Waals surface area contributed by atoms with Gasteiger partial charge >= 0.3 is 5.97 Å². The van der Waals surface area contributed by atoms with Gasteiger partial charge in [-0.25, -0.2) is 9.86 Å². The van der Waals surface area contributed by atoms with Gasteiger partial charge in [0, 0.05) is 0 Å². The maximum atomic E-state index is 10.7. The van der Waals surface area contributed by atoms with E-state index in [1.165, 1.54) is 4.72 Å². The molecule has 9 heteroatoms. The maximum Gasteiger partial charge on any atom is 0.305 e. The van der Waals surface area contributed by atoms with E-state index >= 15 is 0 Å². The Kier molecular flexibility index (Phi) is 3.78. The lowest BCUT2D eigenvalue weighted by Gasteiger charge is -2.07. The summed E-state index contributed by atoms with van der Waals surface area (Å²) in [5.74, 6) is -2.46. The van der Waals surface area contributed by atoms with Gasteiger partial charge in [-0.15, -0.1) is 0 Å². The van der Waals surface area contributed by atoms with E-state index in [2.05, 4.69) is 5.14 Å². The van der Waals surface area contributed by atoms with Crippen molar-refractivity contribution in [3.8, 4) is 0 Å². The van der Waals surface area contributed by atoms with E-state index in [1.54, 1.807) is 0 Å². The quantitative estimate of drug-likeness (QED) is 0.391. The van der Waals surface area contributed by atoms with Crippen LogP contribution in [0.5, 0.6) is 0 Å². The number of hydrogen-bond acceptors (Lipinski definition) is 5. The van der Waals surface area contributed by atoms with E-state index in [1.807, 2.05) is 0 Å².